The fourth-order valence-corrected chi connectivity index (χ4v) is 2.95. The molecule has 1 heterocycles. The van der Waals surface area contributed by atoms with E-state index in [9.17, 15) is 4.79 Å². The summed E-state index contributed by atoms with van der Waals surface area (Å²) in [5.74, 6) is -0.365. The van der Waals surface area contributed by atoms with Crippen LogP contribution in [0.1, 0.15) is 25.1 Å². The predicted molar refractivity (Wildman–Crippen MR) is 93.5 cm³/mol. The number of carbonyl (C=O) groups excluding carboxylic acids is 1. The molecule has 1 unspecified atom stereocenters. The maximum absolute atomic E-state index is 12.0. The number of rotatable bonds is 4. The van der Waals surface area contributed by atoms with Crippen molar-refractivity contribution in [2.45, 2.75) is 27.2 Å². The van der Waals surface area contributed by atoms with Crippen LogP contribution in [0.3, 0.4) is 0 Å². The van der Waals surface area contributed by atoms with Gasteiger partial charge in [-0.15, -0.1) is 0 Å². The number of para-hydroxylation sites is 1. The molecule has 0 bridgehead atoms. The molecule has 0 aliphatic rings. The highest BCUT2D eigenvalue weighted by atomic mass is 16.5. The zero-order valence-electron chi connectivity index (χ0n) is 13.8. The zero-order chi connectivity index (χ0) is 16.4. The number of aromatic nitrogens is 1. The van der Waals surface area contributed by atoms with Gasteiger partial charge in [-0.05, 0) is 25.3 Å². The zero-order valence-corrected chi connectivity index (χ0v) is 13.8. The number of aryl methyl sites for hydroxylation is 1. The van der Waals surface area contributed by atoms with E-state index in [0.29, 0.717) is 13.0 Å². The van der Waals surface area contributed by atoms with Crippen LogP contribution >= 0.6 is 0 Å². The summed E-state index contributed by atoms with van der Waals surface area (Å²) < 4.78 is 5.13. The van der Waals surface area contributed by atoms with Crippen LogP contribution in [0.2, 0.25) is 0 Å². The molecule has 1 aromatic heterocycles. The van der Waals surface area contributed by atoms with E-state index in [-0.39, 0.29) is 11.9 Å². The van der Waals surface area contributed by atoms with Crippen molar-refractivity contribution in [3.05, 3.63) is 53.7 Å². The summed E-state index contributed by atoms with van der Waals surface area (Å²) in [5, 5.41) is 3.46. The van der Waals surface area contributed by atoms with Crippen molar-refractivity contribution in [2.24, 2.45) is 5.92 Å². The fraction of sp³-hybridized carbons (Fsp3) is 0.300. The summed E-state index contributed by atoms with van der Waals surface area (Å²) >= 11 is 0. The topological polar surface area (TPSA) is 39.2 Å². The summed E-state index contributed by atoms with van der Waals surface area (Å²) in [6, 6.07) is 14.5. The van der Waals surface area contributed by atoms with Gasteiger partial charge in [-0.2, -0.15) is 0 Å². The Labute approximate surface area is 136 Å². The molecule has 0 aliphatic heterocycles. The van der Waals surface area contributed by atoms with Crippen molar-refractivity contribution in [3.63, 3.8) is 0 Å². The molecular formula is C20H21NO2. The highest BCUT2D eigenvalue weighted by Gasteiger charge is 2.18. The number of nitrogens with zero attached hydrogens (tertiary/aromatic N) is 1. The molecular weight excluding hydrogens is 286 g/mol. The number of esters is 1. The minimum Gasteiger partial charge on any atom is -0.466 e. The third-order valence-corrected chi connectivity index (χ3v) is 4.12. The van der Waals surface area contributed by atoms with Crippen LogP contribution < -0.4 is 0 Å². The third-order valence-electron chi connectivity index (χ3n) is 4.12. The molecule has 0 radical (unpaired) electrons. The summed E-state index contributed by atoms with van der Waals surface area (Å²) in [4.78, 5) is 16.8. The summed E-state index contributed by atoms with van der Waals surface area (Å²) in [7, 11) is 0. The second kappa shape index (κ2) is 6.37. The Morgan fingerprint density at radius 2 is 1.91 bits per heavy atom. The van der Waals surface area contributed by atoms with Crippen LogP contribution in [0.25, 0.3) is 21.7 Å². The van der Waals surface area contributed by atoms with Gasteiger partial charge in [0.15, 0.2) is 0 Å². The highest BCUT2D eigenvalue weighted by Crippen LogP contribution is 2.28. The summed E-state index contributed by atoms with van der Waals surface area (Å²) in [6.45, 7) is 6.23. The van der Waals surface area contributed by atoms with Crippen LogP contribution in [0.4, 0.5) is 0 Å². The van der Waals surface area contributed by atoms with Crippen molar-refractivity contribution in [1.29, 1.82) is 0 Å². The second-order valence-electron chi connectivity index (χ2n) is 5.98. The quantitative estimate of drug-likeness (QED) is 0.528. The average Bonchev–Trinajstić information content (AvgIpc) is 2.55. The van der Waals surface area contributed by atoms with Crippen molar-refractivity contribution < 1.29 is 9.53 Å². The van der Waals surface area contributed by atoms with Crippen LogP contribution in [0, 0.1) is 12.8 Å². The first-order valence-electron chi connectivity index (χ1n) is 8.04. The van der Waals surface area contributed by atoms with Gasteiger partial charge in [-0.25, -0.2) is 0 Å². The maximum atomic E-state index is 12.0. The van der Waals surface area contributed by atoms with E-state index in [2.05, 4.69) is 31.2 Å². The largest absolute Gasteiger partial charge is 0.466 e. The molecule has 0 N–H and O–H groups in total. The molecule has 0 saturated carbocycles. The Kier molecular flexibility index (Phi) is 4.28. The van der Waals surface area contributed by atoms with Crippen molar-refractivity contribution in [3.8, 4) is 0 Å². The molecule has 0 saturated heterocycles. The lowest BCUT2D eigenvalue weighted by molar-refractivity contribution is -0.147. The summed E-state index contributed by atoms with van der Waals surface area (Å²) in [6.07, 6.45) is 0.587. The number of carbonyl (C=O) groups is 1. The summed E-state index contributed by atoms with van der Waals surface area (Å²) in [5.41, 5.74) is 3.15. The average molecular weight is 307 g/mol. The van der Waals surface area contributed by atoms with Crippen molar-refractivity contribution in [2.75, 3.05) is 6.61 Å². The highest BCUT2D eigenvalue weighted by molar-refractivity contribution is 6.06. The lowest BCUT2D eigenvalue weighted by Gasteiger charge is -2.14. The molecule has 0 fully saturated rings. The number of benzene rings is 2. The maximum Gasteiger partial charge on any atom is 0.309 e. The molecule has 0 spiro atoms. The van der Waals surface area contributed by atoms with Crippen LogP contribution in [-0.4, -0.2) is 17.6 Å². The molecule has 118 valence electrons. The first-order valence-corrected chi connectivity index (χ1v) is 8.04. The van der Waals surface area contributed by atoms with Gasteiger partial charge < -0.3 is 4.74 Å². The molecule has 3 aromatic rings. The van der Waals surface area contributed by atoms with Crippen LogP contribution in [0.5, 0.6) is 0 Å². The van der Waals surface area contributed by atoms with Crippen molar-refractivity contribution >= 4 is 27.6 Å². The standard InChI is InChI=1S/C20H21NO2/c1-4-23-20(22)14(3)12-19-16-10-9-13(2)11-17(16)15-7-5-6-8-18(15)21-19/h5-11,14H,4,12H2,1-3H3. The van der Waals surface area contributed by atoms with Gasteiger partial charge in [-0.1, -0.05) is 48.9 Å². The number of hydrogen-bond acceptors (Lipinski definition) is 3. The Bertz CT molecular complexity index is 870. The van der Waals surface area contributed by atoms with Gasteiger partial charge in [0.25, 0.3) is 0 Å². The van der Waals surface area contributed by atoms with Crippen LogP contribution in [0.15, 0.2) is 42.5 Å². The molecule has 23 heavy (non-hydrogen) atoms. The van der Waals surface area contributed by atoms with Gasteiger partial charge in [0.1, 0.15) is 0 Å². The smallest absolute Gasteiger partial charge is 0.309 e. The van der Waals surface area contributed by atoms with Gasteiger partial charge in [0.05, 0.1) is 18.0 Å². The van der Waals surface area contributed by atoms with Crippen LogP contribution in [-0.2, 0) is 16.0 Å². The molecule has 2 aromatic carbocycles. The van der Waals surface area contributed by atoms with E-state index in [4.69, 9.17) is 9.72 Å². The third kappa shape index (κ3) is 3.04. The Morgan fingerprint density at radius 3 is 2.70 bits per heavy atom. The molecule has 3 heteroatoms. The number of ether oxygens (including phenoxy) is 1. The predicted octanol–water partition coefficient (Wildman–Crippen LogP) is 4.44. The van der Waals surface area contributed by atoms with E-state index >= 15 is 0 Å². The molecule has 3 rings (SSSR count). The Morgan fingerprint density at radius 1 is 1.13 bits per heavy atom. The van der Waals surface area contributed by atoms with Gasteiger partial charge in [0, 0.05) is 22.9 Å². The first kappa shape index (κ1) is 15.5. The minimum atomic E-state index is -0.201. The first-order chi connectivity index (χ1) is 11.1. The van der Waals surface area contributed by atoms with E-state index in [0.717, 1.165) is 22.0 Å². The van der Waals surface area contributed by atoms with Gasteiger partial charge in [0.2, 0.25) is 0 Å². The lowest BCUT2D eigenvalue weighted by Crippen LogP contribution is -2.17. The minimum absolute atomic E-state index is 0.164. The van der Waals surface area contributed by atoms with Crippen molar-refractivity contribution in [1.82, 2.24) is 4.98 Å². The fourth-order valence-electron chi connectivity index (χ4n) is 2.95. The molecule has 1 atom stereocenters. The monoisotopic (exact) mass is 307 g/mol. The van der Waals surface area contributed by atoms with Gasteiger partial charge >= 0.3 is 5.97 Å². The Balaban J connectivity index is 2.13. The molecule has 3 nitrogen and oxygen atoms in total. The number of fused-ring (bicyclic) bond motifs is 3. The van der Waals surface area contributed by atoms with Gasteiger partial charge in [-0.3, -0.25) is 9.78 Å². The van der Waals surface area contributed by atoms with E-state index < -0.39 is 0 Å². The normalized spacial score (nSPS) is 12.5. The SMILES string of the molecule is CCOC(=O)C(C)Cc1nc2ccccc2c2cc(C)ccc12. The second-order valence-corrected chi connectivity index (χ2v) is 5.98. The van der Waals surface area contributed by atoms with E-state index in [1.165, 1.54) is 10.9 Å². The number of hydrogen-bond donors (Lipinski definition) is 0. The van der Waals surface area contributed by atoms with E-state index in [1.54, 1.807) is 0 Å². The Hall–Kier alpha value is -2.42. The molecule has 0 aliphatic carbocycles. The lowest BCUT2D eigenvalue weighted by atomic mass is 9.97. The van der Waals surface area contributed by atoms with E-state index in [1.807, 2.05) is 32.0 Å². The number of pyridine rings is 1. The molecule has 0 amide bonds.